The lowest BCUT2D eigenvalue weighted by molar-refractivity contribution is 0.0232. The van der Waals surface area contributed by atoms with Gasteiger partial charge in [-0.2, -0.15) is 0 Å². The fourth-order valence-electron chi connectivity index (χ4n) is 3.13. The Bertz CT molecular complexity index is 787. The van der Waals surface area contributed by atoms with E-state index < -0.39 is 5.60 Å². The molecule has 1 amide bonds. The summed E-state index contributed by atoms with van der Waals surface area (Å²) < 4.78 is 21.9. The molecule has 0 spiro atoms. The van der Waals surface area contributed by atoms with Crippen molar-refractivity contribution in [3.8, 4) is 0 Å². The van der Waals surface area contributed by atoms with Gasteiger partial charge in [-0.05, 0) is 51.8 Å². The average Bonchev–Trinajstić information content (AvgIpc) is 2.63. The van der Waals surface area contributed by atoms with Gasteiger partial charge in [-0.15, -0.1) is 0 Å². The Morgan fingerprint density at radius 2 is 1.96 bits per heavy atom. The molecule has 0 fully saturated rings. The molecule has 23 heavy (non-hydrogen) atoms. The van der Waals surface area contributed by atoms with Gasteiger partial charge in [-0.25, -0.2) is 9.18 Å². The molecule has 124 valence electrons. The van der Waals surface area contributed by atoms with Crippen molar-refractivity contribution in [3.05, 3.63) is 34.8 Å². The van der Waals surface area contributed by atoms with Crippen LogP contribution in [0.25, 0.3) is 10.9 Å². The van der Waals surface area contributed by atoms with E-state index in [9.17, 15) is 9.18 Å². The lowest BCUT2D eigenvalue weighted by Gasteiger charge is -2.26. The van der Waals surface area contributed by atoms with Crippen molar-refractivity contribution in [2.24, 2.45) is 0 Å². The first-order valence-corrected chi connectivity index (χ1v) is 7.93. The summed E-state index contributed by atoms with van der Waals surface area (Å²) in [5.41, 5.74) is 3.03. The Labute approximate surface area is 135 Å². The number of halogens is 1. The molecule has 1 aromatic carbocycles. The smallest absolute Gasteiger partial charge is 0.410 e. The number of carbonyl (C=O) groups is 1. The van der Waals surface area contributed by atoms with E-state index in [4.69, 9.17) is 4.74 Å². The van der Waals surface area contributed by atoms with Crippen LogP contribution in [0.15, 0.2) is 12.3 Å². The van der Waals surface area contributed by atoms with E-state index in [1.54, 1.807) is 17.9 Å². The molecule has 2 heterocycles. The van der Waals surface area contributed by atoms with E-state index in [0.29, 0.717) is 25.2 Å². The van der Waals surface area contributed by atoms with Gasteiger partial charge in [0.25, 0.3) is 0 Å². The van der Waals surface area contributed by atoms with Gasteiger partial charge in [0, 0.05) is 30.2 Å². The third-order valence-electron chi connectivity index (χ3n) is 4.30. The molecule has 2 aromatic rings. The molecule has 0 radical (unpaired) electrons. The van der Waals surface area contributed by atoms with Crippen molar-refractivity contribution >= 4 is 17.0 Å². The third kappa shape index (κ3) is 2.80. The normalized spacial score (nSPS) is 15.0. The van der Waals surface area contributed by atoms with Crippen molar-refractivity contribution in [1.29, 1.82) is 0 Å². The summed E-state index contributed by atoms with van der Waals surface area (Å²) in [5.74, 6) is -0.223. The van der Waals surface area contributed by atoms with Gasteiger partial charge in [0.15, 0.2) is 0 Å². The minimum absolute atomic E-state index is 0.223. The zero-order valence-electron chi connectivity index (χ0n) is 14.4. The highest BCUT2D eigenvalue weighted by Gasteiger charge is 2.27. The van der Waals surface area contributed by atoms with Crippen LogP contribution in [0.2, 0.25) is 0 Å². The molecule has 0 saturated heterocycles. The van der Waals surface area contributed by atoms with Crippen LogP contribution in [-0.4, -0.2) is 27.7 Å². The van der Waals surface area contributed by atoms with Crippen molar-refractivity contribution in [3.63, 3.8) is 0 Å². The Kier molecular flexibility index (Phi) is 3.62. The largest absolute Gasteiger partial charge is 0.444 e. The number of hydrogen-bond acceptors (Lipinski definition) is 2. The number of rotatable bonds is 0. The van der Waals surface area contributed by atoms with E-state index in [-0.39, 0.29) is 11.9 Å². The minimum atomic E-state index is -0.540. The van der Waals surface area contributed by atoms with E-state index in [1.165, 1.54) is 0 Å². The maximum absolute atomic E-state index is 14.3. The third-order valence-corrected chi connectivity index (χ3v) is 4.30. The van der Waals surface area contributed by atoms with Gasteiger partial charge in [0.2, 0.25) is 0 Å². The molecule has 0 atom stereocenters. The second-order valence-corrected chi connectivity index (χ2v) is 7.27. The molecule has 1 aliphatic heterocycles. The monoisotopic (exact) mass is 318 g/mol. The Morgan fingerprint density at radius 1 is 1.26 bits per heavy atom. The summed E-state index contributed by atoms with van der Waals surface area (Å²) in [6.45, 7) is 10.9. The average molecular weight is 318 g/mol. The Balaban J connectivity index is 2.05. The number of nitrogens with zero attached hydrogens (tertiary/aromatic N) is 2. The molecule has 0 bridgehead atoms. The Hall–Kier alpha value is -2.04. The van der Waals surface area contributed by atoms with Gasteiger partial charge < -0.3 is 14.2 Å². The summed E-state index contributed by atoms with van der Waals surface area (Å²) in [4.78, 5) is 14.1. The maximum atomic E-state index is 14.3. The molecule has 1 aromatic heterocycles. The molecule has 3 rings (SSSR count). The second-order valence-electron chi connectivity index (χ2n) is 7.27. The summed E-state index contributed by atoms with van der Waals surface area (Å²) >= 11 is 0. The van der Waals surface area contributed by atoms with Gasteiger partial charge in [0.05, 0.1) is 12.1 Å². The number of carbonyl (C=O) groups excluding carboxylic acids is 1. The van der Waals surface area contributed by atoms with Crippen molar-refractivity contribution in [2.45, 2.75) is 53.3 Å². The van der Waals surface area contributed by atoms with Gasteiger partial charge >= 0.3 is 6.09 Å². The number of aryl methyl sites for hydroxylation is 1. The van der Waals surface area contributed by atoms with Gasteiger partial charge in [-0.1, -0.05) is 0 Å². The van der Waals surface area contributed by atoms with E-state index >= 15 is 0 Å². The highest BCUT2D eigenvalue weighted by molar-refractivity contribution is 5.88. The Morgan fingerprint density at radius 3 is 2.61 bits per heavy atom. The van der Waals surface area contributed by atoms with Crippen LogP contribution in [-0.2, 0) is 17.8 Å². The molecule has 4 nitrogen and oxygen atoms in total. The van der Waals surface area contributed by atoms with Crippen LogP contribution < -0.4 is 0 Å². The first-order chi connectivity index (χ1) is 10.7. The summed E-state index contributed by atoms with van der Waals surface area (Å²) in [7, 11) is 0. The lowest BCUT2D eigenvalue weighted by atomic mass is 10.0. The minimum Gasteiger partial charge on any atom is -0.444 e. The number of ether oxygens (including phenoxy) is 1. The van der Waals surface area contributed by atoms with Crippen LogP contribution in [0.4, 0.5) is 9.18 Å². The van der Waals surface area contributed by atoms with Gasteiger partial charge in [-0.3, -0.25) is 0 Å². The van der Waals surface area contributed by atoms with Crippen LogP contribution in [0.5, 0.6) is 0 Å². The van der Waals surface area contributed by atoms with Crippen molar-refractivity contribution < 1.29 is 13.9 Å². The molecular weight excluding hydrogens is 295 g/mol. The second kappa shape index (κ2) is 5.25. The molecule has 5 heteroatoms. The van der Waals surface area contributed by atoms with Crippen LogP contribution in [0.1, 0.15) is 37.5 Å². The molecule has 1 aliphatic rings. The lowest BCUT2D eigenvalue weighted by Crippen LogP contribution is -2.37. The molecular formula is C18H23FN2O2. The fourth-order valence-corrected chi connectivity index (χ4v) is 3.13. The number of aromatic nitrogens is 1. The van der Waals surface area contributed by atoms with Crippen LogP contribution in [0, 0.1) is 19.7 Å². The molecule has 0 N–H and O–H groups in total. The quantitative estimate of drug-likeness (QED) is 0.731. The van der Waals surface area contributed by atoms with E-state index in [2.05, 4.69) is 4.57 Å². The van der Waals surface area contributed by atoms with Gasteiger partial charge in [0.1, 0.15) is 11.4 Å². The zero-order chi connectivity index (χ0) is 16.9. The SMILES string of the molecule is Cc1c(F)cc2c(C)cn3c2c1CN(C(=O)OC(C)(C)C)CC3. The summed E-state index contributed by atoms with van der Waals surface area (Å²) in [5, 5.41) is 0.925. The van der Waals surface area contributed by atoms with Crippen molar-refractivity contribution in [2.75, 3.05) is 6.54 Å². The highest BCUT2D eigenvalue weighted by atomic mass is 19.1. The summed E-state index contributed by atoms with van der Waals surface area (Å²) in [6, 6.07) is 1.60. The van der Waals surface area contributed by atoms with Crippen LogP contribution >= 0.6 is 0 Å². The maximum Gasteiger partial charge on any atom is 0.410 e. The van der Waals surface area contributed by atoms with E-state index in [1.807, 2.05) is 33.9 Å². The number of hydrogen-bond donors (Lipinski definition) is 0. The van der Waals surface area contributed by atoms with E-state index in [0.717, 1.165) is 22.0 Å². The molecule has 0 saturated carbocycles. The van der Waals surface area contributed by atoms with Crippen LogP contribution in [0.3, 0.4) is 0 Å². The zero-order valence-corrected chi connectivity index (χ0v) is 14.4. The standard InChI is InChI=1S/C18H23FN2O2/c1-11-9-20-6-7-21(17(22)23-18(3,4)5)10-14-12(2)15(19)8-13(11)16(14)20/h8-9H,6-7,10H2,1-5H3. The first kappa shape index (κ1) is 15.8. The highest BCUT2D eigenvalue weighted by Crippen LogP contribution is 2.32. The number of benzene rings is 1. The fraction of sp³-hybridized carbons (Fsp3) is 0.500. The number of amides is 1. The first-order valence-electron chi connectivity index (χ1n) is 7.93. The summed E-state index contributed by atoms with van der Waals surface area (Å²) in [6.07, 6.45) is 1.68. The molecule has 0 aliphatic carbocycles. The predicted octanol–water partition coefficient (Wildman–Crippen LogP) is 4.15. The topological polar surface area (TPSA) is 34.5 Å². The molecule has 0 unspecified atom stereocenters. The van der Waals surface area contributed by atoms with Crippen molar-refractivity contribution in [1.82, 2.24) is 9.47 Å². The predicted molar refractivity (Wildman–Crippen MR) is 88.0 cm³/mol.